The second kappa shape index (κ2) is 19.7. The van der Waals surface area contributed by atoms with Crippen LogP contribution in [0, 0.1) is 13.8 Å². The van der Waals surface area contributed by atoms with Crippen LogP contribution in [0.4, 0.5) is 0 Å². The molecule has 0 radical (unpaired) electrons. The molecule has 44 heavy (non-hydrogen) atoms. The van der Waals surface area contributed by atoms with Crippen LogP contribution in [-0.2, 0) is 0 Å². The Morgan fingerprint density at radius 1 is 0.500 bits per heavy atom. The zero-order valence-corrected chi connectivity index (χ0v) is 25.8. The molecule has 12 nitrogen and oxygen atoms in total. The molecule has 3 rings (SSSR count). The molecule has 1 heterocycles. The van der Waals surface area contributed by atoms with Crippen molar-refractivity contribution < 1.29 is 20.4 Å². The van der Waals surface area contributed by atoms with Crippen molar-refractivity contribution in [2.75, 3.05) is 78.5 Å². The fraction of sp³-hybridized carbons (Fsp3) is 0.500. The van der Waals surface area contributed by atoms with Gasteiger partial charge in [0.25, 0.3) is 0 Å². The van der Waals surface area contributed by atoms with Crippen molar-refractivity contribution in [3.8, 4) is 11.5 Å². The first-order valence-corrected chi connectivity index (χ1v) is 15.2. The molecule has 1 aliphatic rings. The normalized spacial score (nSPS) is 20.9. The van der Waals surface area contributed by atoms with E-state index in [1.807, 2.05) is 38.1 Å². The number of nitrogens with one attached hydrogen (secondary N) is 4. The van der Waals surface area contributed by atoms with Gasteiger partial charge in [-0.25, -0.2) is 0 Å². The Kier molecular flexibility index (Phi) is 15.7. The van der Waals surface area contributed by atoms with Gasteiger partial charge in [0.1, 0.15) is 11.5 Å². The minimum Gasteiger partial charge on any atom is -0.507 e. The summed E-state index contributed by atoms with van der Waals surface area (Å²) in [5, 5.41) is 54.6. The lowest BCUT2D eigenvalue weighted by atomic mass is 10.1. The number of phenolic OH excluding ortho intramolecular Hbond substituents is 2. The molecule has 0 saturated carbocycles. The van der Waals surface area contributed by atoms with Crippen molar-refractivity contribution in [1.29, 1.82) is 0 Å². The molecule has 0 saturated heterocycles. The summed E-state index contributed by atoms with van der Waals surface area (Å²) in [4.78, 5) is 17.7. The Labute approximate surface area is 260 Å². The molecule has 0 aromatic heterocycles. The number of aliphatic hydroxyl groups excluding tert-OH is 2. The van der Waals surface area contributed by atoms with Gasteiger partial charge in [-0.05, 0) is 49.2 Å². The Morgan fingerprint density at radius 2 is 0.750 bits per heavy atom. The molecule has 8 N–H and O–H groups in total. The van der Waals surface area contributed by atoms with Gasteiger partial charge >= 0.3 is 0 Å². The smallest absolute Gasteiger partial charge is 0.133 e. The van der Waals surface area contributed by atoms with E-state index < -0.39 is 12.2 Å². The van der Waals surface area contributed by atoms with Crippen LogP contribution in [0.1, 0.15) is 33.4 Å². The predicted octanol–water partition coefficient (Wildman–Crippen LogP) is 0.184. The van der Waals surface area contributed by atoms with Gasteiger partial charge in [-0.15, -0.1) is 0 Å². The predicted molar refractivity (Wildman–Crippen MR) is 179 cm³/mol. The van der Waals surface area contributed by atoms with Crippen molar-refractivity contribution >= 4 is 24.9 Å². The first-order chi connectivity index (χ1) is 21.3. The lowest BCUT2D eigenvalue weighted by molar-refractivity contribution is 0.169. The number of hydrogen-bond donors (Lipinski definition) is 8. The van der Waals surface area contributed by atoms with Crippen LogP contribution in [0.2, 0.25) is 0 Å². The maximum absolute atomic E-state index is 10.7. The summed E-state index contributed by atoms with van der Waals surface area (Å²) < 4.78 is 0. The Hall–Kier alpha value is -3.52. The van der Waals surface area contributed by atoms with E-state index >= 15 is 0 Å². The molecule has 0 amide bonds. The lowest BCUT2D eigenvalue weighted by Gasteiger charge is -2.12. The third kappa shape index (κ3) is 13.0. The number of aliphatic hydroxyl groups is 2. The zero-order valence-electron chi connectivity index (χ0n) is 25.8. The van der Waals surface area contributed by atoms with Crippen LogP contribution in [0.3, 0.4) is 0 Å². The fourth-order valence-electron chi connectivity index (χ4n) is 4.51. The first kappa shape index (κ1) is 35.0. The highest BCUT2D eigenvalue weighted by Crippen LogP contribution is 2.23. The average Bonchev–Trinajstić information content (AvgIpc) is 2.99. The molecule has 0 spiro atoms. The second-order valence-corrected chi connectivity index (χ2v) is 10.8. The van der Waals surface area contributed by atoms with Gasteiger partial charge in [0, 0.05) is 99.5 Å². The van der Waals surface area contributed by atoms with Crippen molar-refractivity contribution in [3.05, 3.63) is 57.6 Å². The highest BCUT2D eigenvalue weighted by Gasteiger charge is 2.08. The van der Waals surface area contributed by atoms with E-state index in [0.29, 0.717) is 101 Å². The van der Waals surface area contributed by atoms with Crippen LogP contribution in [0.5, 0.6) is 11.5 Å². The number of aryl methyl sites for hydroxylation is 2. The molecule has 0 fully saturated rings. The van der Waals surface area contributed by atoms with E-state index in [-0.39, 0.29) is 11.5 Å². The standard InChI is InChI=1S/C32H48N8O4/c1-23-11-25-15-33-3-7-37-19-29(41)21-39-9-5-35-17-27-13-24(2)14-28(32(27)44)18-36-6-10-40-22-30(42)20-38-8-4-34-16-26(12-23)31(25)43/h11-18,29-30,37-44H,3-10,19-22H2,1-2H3. The summed E-state index contributed by atoms with van der Waals surface area (Å²) in [5.41, 5.74) is 4.49. The van der Waals surface area contributed by atoms with Gasteiger partial charge in [-0.3, -0.25) is 20.0 Å². The Morgan fingerprint density at radius 3 is 1.00 bits per heavy atom. The quantitative estimate of drug-likeness (QED) is 0.209. The number of fused-ring (bicyclic) bond motifs is 4. The number of phenols is 2. The number of aromatic hydroxyl groups is 2. The SMILES string of the molecule is Cc1cc2c(O)c(c1)C=NCCNCC(O)CNCCN=Cc1cc(C)cc(c1O)C=NCCNCC(O)CNCCN=C2. The number of benzene rings is 2. The molecule has 2 aromatic rings. The van der Waals surface area contributed by atoms with E-state index in [1.165, 1.54) is 0 Å². The largest absolute Gasteiger partial charge is 0.507 e. The lowest BCUT2D eigenvalue weighted by Crippen LogP contribution is -2.37. The van der Waals surface area contributed by atoms with E-state index in [2.05, 4.69) is 41.2 Å². The van der Waals surface area contributed by atoms with Gasteiger partial charge in [-0.1, -0.05) is 0 Å². The summed E-state index contributed by atoms with van der Waals surface area (Å²) >= 11 is 0. The number of aliphatic imine (C=N–C) groups is 4. The highest BCUT2D eigenvalue weighted by molar-refractivity contribution is 5.93. The summed E-state index contributed by atoms with van der Waals surface area (Å²) in [6.07, 6.45) is 5.51. The first-order valence-electron chi connectivity index (χ1n) is 15.2. The molecule has 0 atom stereocenters. The topological polar surface area (TPSA) is 178 Å². The molecule has 12 heteroatoms. The number of nitrogens with zero attached hydrogens (tertiary/aromatic N) is 4. The van der Waals surface area contributed by atoms with Gasteiger partial charge in [-0.2, -0.15) is 0 Å². The van der Waals surface area contributed by atoms with Crippen molar-refractivity contribution in [2.24, 2.45) is 20.0 Å². The zero-order chi connectivity index (χ0) is 31.6. The molecule has 240 valence electrons. The van der Waals surface area contributed by atoms with Crippen LogP contribution in [0.25, 0.3) is 0 Å². The van der Waals surface area contributed by atoms with E-state index in [1.54, 1.807) is 24.9 Å². The summed E-state index contributed by atoms with van der Waals surface area (Å²) in [5.74, 6) is 0.262. The second-order valence-electron chi connectivity index (χ2n) is 10.8. The van der Waals surface area contributed by atoms with Crippen molar-refractivity contribution in [3.63, 3.8) is 0 Å². The molecule has 1 aliphatic heterocycles. The summed E-state index contributed by atoms with van der Waals surface area (Å²) in [6, 6.07) is 7.50. The van der Waals surface area contributed by atoms with E-state index in [0.717, 1.165) is 11.1 Å². The number of rotatable bonds is 0. The van der Waals surface area contributed by atoms with Gasteiger partial charge < -0.3 is 41.7 Å². The molecular formula is C32H48N8O4. The summed E-state index contributed by atoms with van der Waals surface area (Å²) in [6.45, 7) is 9.95. The van der Waals surface area contributed by atoms with E-state index in [4.69, 9.17) is 0 Å². The maximum atomic E-state index is 10.7. The molecular weight excluding hydrogens is 560 g/mol. The van der Waals surface area contributed by atoms with Crippen molar-refractivity contribution in [2.45, 2.75) is 26.1 Å². The van der Waals surface area contributed by atoms with E-state index in [9.17, 15) is 20.4 Å². The Balaban J connectivity index is 1.59. The minimum atomic E-state index is -0.558. The third-order valence-corrected chi connectivity index (χ3v) is 6.74. The van der Waals surface area contributed by atoms with Gasteiger partial charge in [0.05, 0.1) is 38.4 Å². The third-order valence-electron chi connectivity index (χ3n) is 6.74. The van der Waals surface area contributed by atoms with Crippen LogP contribution >= 0.6 is 0 Å². The molecule has 4 bridgehead atoms. The number of β-amino-alcohol motifs (C(OH)–C–C–N with tert-alkyl or cyclic N) is 2. The van der Waals surface area contributed by atoms with Crippen LogP contribution in [-0.4, -0.2) is 136 Å². The van der Waals surface area contributed by atoms with Gasteiger partial charge in [0.15, 0.2) is 0 Å². The number of hydrogen-bond acceptors (Lipinski definition) is 12. The monoisotopic (exact) mass is 608 g/mol. The van der Waals surface area contributed by atoms with Gasteiger partial charge in [0.2, 0.25) is 0 Å². The fourth-order valence-corrected chi connectivity index (χ4v) is 4.51. The van der Waals surface area contributed by atoms with Crippen LogP contribution < -0.4 is 21.3 Å². The Bertz CT molecular complexity index is 1100. The summed E-state index contributed by atoms with van der Waals surface area (Å²) in [7, 11) is 0. The molecule has 0 aliphatic carbocycles. The van der Waals surface area contributed by atoms with Crippen LogP contribution in [0.15, 0.2) is 44.2 Å². The molecule has 2 aromatic carbocycles. The van der Waals surface area contributed by atoms with Crippen molar-refractivity contribution in [1.82, 2.24) is 21.3 Å². The molecule has 0 unspecified atom stereocenters. The minimum absolute atomic E-state index is 0.131. The highest BCUT2D eigenvalue weighted by atomic mass is 16.3. The average molecular weight is 609 g/mol. The maximum Gasteiger partial charge on any atom is 0.133 e.